The Kier molecular flexibility index (Phi) is 5.30. The number of carbonyl (C=O) groups is 1. The van der Waals surface area contributed by atoms with Gasteiger partial charge in [-0.1, -0.05) is 28.1 Å². The maximum absolute atomic E-state index is 12.3. The van der Waals surface area contributed by atoms with Crippen molar-refractivity contribution in [3.8, 4) is 5.69 Å². The highest BCUT2D eigenvalue weighted by Crippen LogP contribution is 2.15. The number of hydrogen-bond donors (Lipinski definition) is 1. The average molecular weight is 350 g/mol. The Labute approximate surface area is 131 Å². The maximum Gasteiger partial charge on any atom is 0.274 e. The zero-order valence-electron chi connectivity index (χ0n) is 11.4. The van der Waals surface area contributed by atoms with Crippen LogP contribution in [0.3, 0.4) is 0 Å². The van der Waals surface area contributed by atoms with E-state index in [-0.39, 0.29) is 19.1 Å². The van der Waals surface area contributed by atoms with Gasteiger partial charge in [0.1, 0.15) is 0 Å². The van der Waals surface area contributed by atoms with E-state index in [1.165, 1.54) is 4.90 Å². The van der Waals surface area contributed by atoms with Crippen LogP contribution in [0.1, 0.15) is 10.5 Å². The van der Waals surface area contributed by atoms with Crippen molar-refractivity contribution in [2.24, 2.45) is 0 Å². The van der Waals surface area contributed by atoms with Crippen LogP contribution in [-0.4, -0.2) is 45.4 Å². The molecular formula is C15H16BrN3O2. The quantitative estimate of drug-likeness (QED) is 0.813. The highest BCUT2D eigenvalue weighted by atomic mass is 79.9. The smallest absolute Gasteiger partial charge is 0.274 e. The van der Waals surface area contributed by atoms with Gasteiger partial charge in [0.15, 0.2) is 5.69 Å². The van der Waals surface area contributed by atoms with Crippen LogP contribution < -0.4 is 0 Å². The van der Waals surface area contributed by atoms with E-state index in [1.807, 2.05) is 24.3 Å². The lowest BCUT2D eigenvalue weighted by Gasteiger charge is -2.18. The van der Waals surface area contributed by atoms with Crippen molar-refractivity contribution in [1.29, 1.82) is 0 Å². The summed E-state index contributed by atoms with van der Waals surface area (Å²) in [4.78, 5) is 13.8. The first kappa shape index (κ1) is 15.5. The van der Waals surface area contributed by atoms with Crippen LogP contribution in [0, 0.1) is 0 Å². The number of nitrogens with zero attached hydrogens (tertiary/aromatic N) is 3. The van der Waals surface area contributed by atoms with Crippen LogP contribution in [0.2, 0.25) is 0 Å². The Balaban J connectivity index is 2.22. The molecule has 0 fully saturated rings. The van der Waals surface area contributed by atoms with E-state index in [1.54, 1.807) is 23.0 Å². The molecule has 1 heterocycles. The summed E-state index contributed by atoms with van der Waals surface area (Å²) >= 11 is 3.40. The second-order valence-electron chi connectivity index (χ2n) is 4.39. The Morgan fingerprint density at radius 1 is 1.48 bits per heavy atom. The molecule has 1 aromatic heterocycles. The summed E-state index contributed by atoms with van der Waals surface area (Å²) in [7, 11) is 0. The van der Waals surface area contributed by atoms with Crippen LogP contribution in [0.15, 0.2) is 53.7 Å². The summed E-state index contributed by atoms with van der Waals surface area (Å²) < 4.78 is 2.58. The molecule has 0 aliphatic rings. The fourth-order valence-electron chi connectivity index (χ4n) is 1.91. The Hall–Kier alpha value is -1.92. The van der Waals surface area contributed by atoms with Gasteiger partial charge in [-0.05, 0) is 24.3 Å². The van der Waals surface area contributed by atoms with Crippen molar-refractivity contribution in [2.45, 2.75) is 0 Å². The molecule has 0 radical (unpaired) electrons. The van der Waals surface area contributed by atoms with E-state index in [0.29, 0.717) is 12.2 Å². The van der Waals surface area contributed by atoms with Gasteiger partial charge in [-0.15, -0.1) is 6.58 Å². The molecule has 2 aromatic rings. The number of hydrogen-bond acceptors (Lipinski definition) is 3. The monoisotopic (exact) mass is 349 g/mol. The Bertz CT molecular complexity index is 639. The predicted molar refractivity (Wildman–Crippen MR) is 84.5 cm³/mol. The van der Waals surface area contributed by atoms with E-state index < -0.39 is 0 Å². The minimum absolute atomic E-state index is 0.0913. The lowest BCUT2D eigenvalue weighted by atomic mass is 10.3. The molecule has 0 bridgehead atoms. The second kappa shape index (κ2) is 7.19. The van der Waals surface area contributed by atoms with Crippen LogP contribution in [-0.2, 0) is 0 Å². The summed E-state index contributed by atoms with van der Waals surface area (Å²) in [5, 5.41) is 13.3. The number of amides is 1. The van der Waals surface area contributed by atoms with Gasteiger partial charge < -0.3 is 10.0 Å². The van der Waals surface area contributed by atoms with Gasteiger partial charge in [0, 0.05) is 23.8 Å². The number of halogens is 1. The van der Waals surface area contributed by atoms with Gasteiger partial charge in [-0.25, -0.2) is 4.68 Å². The zero-order valence-corrected chi connectivity index (χ0v) is 13.0. The molecule has 2 rings (SSSR count). The van der Waals surface area contributed by atoms with E-state index >= 15 is 0 Å². The van der Waals surface area contributed by atoms with E-state index in [4.69, 9.17) is 5.11 Å². The summed E-state index contributed by atoms with van der Waals surface area (Å²) in [6, 6.07) is 9.30. The van der Waals surface area contributed by atoms with Gasteiger partial charge in [0.05, 0.1) is 12.3 Å². The van der Waals surface area contributed by atoms with E-state index in [0.717, 1.165) is 10.2 Å². The molecule has 0 atom stereocenters. The van der Waals surface area contributed by atoms with Gasteiger partial charge in [0.25, 0.3) is 5.91 Å². The number of carbonyl (C=O) groups excluding carboxylic acids is 1. The summed E-state index contributed by atoms with van der Waals surface area (Å²) in [6.45, 7) is 4.16. The Morgan fingerprint density at radius 3 is 2.95 bits per heavy atom. The molecule has 5 nitrogen and oxygen atoms in total. The minimum Gasteiger partial charge on any atom is -0.395 e. The van der Waals surface area contributed by atoms with Gasteiger partial charge in [-0.2, -0.15) is 5.10 Å². The average Bonchev–Trinajstić information content (AvgIpc) is 2.96. The van der Waals surface area contributed by atoms with Crippen molar-refractivity contribution in [3.63, 3.8) is 0 Å². The minimum atomic E-state index is -0.224. The first-order valence-corrected chi connectivity index (χ1v) is 7.27. The van der Waals surface area contributed by atoms with Crippen LogP contribution >= 0.6 is 15.9 Å². The van der Waals surface area contributed by atoms with Crippen molar-refractivity contribution in [3.05, 3.63) is 59.4 Å². The molecule has 110 valence electrons. The maximum atomic E-state index is 12.3. The normalized spacial score (nSPS) is 10.4. The van der Waals surface area contributed by atoms with Gasteiger partial charge >= 0.3 is 0 Å². The lowest BCUT2D eigenvalue weighted by Crippen LogP contribution is -2.34. The van der Waals surface area contributed by atoms with Crippen molar-refractivity contribution in [1.82, 2.24) is 14.7 Å². The number of aromatic nitrogens is 2. The van der Waals surface area contributed by atoms with Crippen LogP contribution in [0.5, 0.6) is 0 Å². The third-order valence-electron chi connectivity index (χ3n) is 2.89. The molecule has 0 aliphatic carbocycles. The first-order chi connectivity index (χ1) is 10.2. The van der Waals surface area contributed by atoms with Crippen LogP contribution in [0.4, 0.5) is 0 Å². The predicted octanol–water partition coefficient (Wildman–Crippen LogP) is 2.26. The summed E-state index contributed by atoms with van der Waals surface area (Å²) in [5.41, 5.74) is 1.20. The first-order valence-electron chi connectivity index (χ1n) is 6.48. The second-order valence-corrected chi connectivity index (χ2v) is 5.30. The van der Waals surface area contributed by atoms with Crippen LogP contribution in [0.25, 0.3) is 5.69 Å². The molecule has 6 heteroatoms. The molecule has 0 spiro atoms. The lowest BCUT2D eigenvalue weighted by molar-refractivity contribution is 0.0736. The number of aliphatic hydroxyl groups is 1. The summed E-state index contributed by atoms with van der Waals surface area (Å²) in [6.07, 6.45) is 3.36. The highest BCUT2D eigenvalue weighted by Gasteiger charge is 2.17. The van der Waals surface area contributed by atoms with Crippen molar-refractivity contribution < 1.29 is 9.90 Å². The molecule has 21 heavy (non-hydrogen) atoms. The molecule has 1 amide bonds. The molecule has 1 aromatic carbocycles. The number of rotatable bonds is 6. The molecule has 1 N–H and O–H groups in total. The molecule has 0 saturated carbocycles. The zero-order chi connectivity index (χ0) is 15.2. The van der Waals surface area contributed by atoms with E-state index in [2.05, 4.69) is 27.6 Å². The topological polar surface area (TPSA) is 58.4 Å². The fraction of sp³-hybridized carbons (Fsp3) is 0.200. The fourth-order valence-corrected chi connectivity index (χ4v) is 2.30. The summed E-state index contributed by atoms with van der Waals surface area (Å²) in [5.74, 6) is -0.224. The highest BCUT2D eigenvalue weighted by molar-refractivity contribution is 9.10. The molecule has 0 aliphatic heterocycles. The standard InChI is InChI=1S/C15H16BrN3O2/c1-2-7-18(9-10-20)15(21)14-6-8-19(17-14)13-5-3-4-12(16)11-13/h2-6,8,11,20H,1,7,9-10H2. The van der Waals surface area contributed by atoms with Crippen molar-refractivity contribution >= 4 is 21.8 Å². The molecule has 0 unspecified atom stereocenters. The number of benzene rings is 1. The largest absolute Gasteiger partial charge is 0.395 e. The SMILES string of the molecule is C=CCN(CCO)C(=O)c1ccn(-c2cccc(Br)c2)n1. The number of aliphatic hydroxyl groups excluding tert-OH is 1. The third kappa shape index (κ3) is 3.80. The Morgan fingerprint density at radius 2 is 2.29 bits per heavy atom. The molecule has 0 saturated heterocycles. The van der Waals surface area contributed by atoms with Gasteiger partial charge in [0.2, 0.25) is 0 Å². The van der Waals surface area contributed by atoms with E-state index in [9.17, 15) is 4.79 Å². The molecular weight excluding hydrogens is 334 g/mol. The van der Waals surface area contributed by atoms with Crippen molar-refractivity contribution in [2.75, 3.05) is 19.7 Å². The van der Waals surface area contributed by atoms with Gasteiger partial charge in [-0.3, -0.25) is 4.79 Å². The third-order valence-corrected chi connectivity index (χ3v) is 3.38.